The first-order chi connectivity index (χ1) is 5.77. The number of nitrogens with zero attached hydrogens (tertiary/aromatic N) is 1. The van der Waals surface area contributed by atoms with Crippen LogP contribution in [-0.2, 0) is 11.3 Å². The van der Waals surface area contributed by atoms with E-state index in [1.165, 1.54) is 13.2 Å². The van der Waals surface area contributed by atoms with Gasteiger partial charge < -0.3 is 9.72 Å². The Morgan fingerprint density at radius 3 is 2.92 bits per heavy atom. The summed E-state index contributed by atoms with van der Waals surface area (Å²) in [6.07, 6.45) is 0. The number of aromatic amines is 1. The van der Waals surface area contributed by atoms with E-state index in [1.54, 1.807) is 12.1 Å². The maximum absolute atomic E-state index is 11.0. The number of ether oxygens (including phenoxy) is 1. The molecule has 0 spiro atoms. The Kier molecular flexibility index (Phi) is 2.62. The summed E-state index contributed by atoms with van der Waals surface area (Å²) in [6.45, 7) is 0.348. The molecular formula is C8H8N2O2. The van der Waals surface area contributed by atoms with Gasteiger partial charge in [0.05, 0.1) is 6.61 Å². The van der Waals surface area contributed by atoms with E-state index in [1.807, 2.05) is 0 Å². The van der Waals surface area contributed by atoms with Crippen LogP contribution < -0.4 is 5.56 Å². The SMILES string of the molecule is COCc1ccc(C#N)c(=O)[nH]1. The molecule has 0 saturated heterocycles. The second-order valence-corrected chi connectivity index (χ2v) is 2.27. The summed E-state index contributed by atoms with van der Waals surface area (Å²) in [5, 5.41) is 8.44. The van der Waals surface area contributed by atoms with Gasteiger partial charge >= 0.3 is 0 Å². The van der Waals surface area contributed by atoms with Gasteiger partial charge in [-0.3, -0.25) is 4.79 Å². The zero-order chi connectivity index (χ0) is 8.97. The highest BCUT2D eigenvalue weighted by molar-refractivity contribution is 5.26. The topological polar surface area (TPSA) is 65.9 Å². The lowest BCUT2D eigenvalue weighted by molar-refractivity contribution is 0.181. The maximum Gasteiger partial charge on any atom is 0.266 e. The minimum absolute atomic E-state index is 0.120. The molecule has 0 atom stereocenters. The highest BCUT2D eigenvalue weighted by atomic mass is 16.5. The largest absolute Gasteiger partial charge is 0.378 e. The Morgan fingerprint density at radius 1 is 1.67 bits per heavy atom. The molecule has 1 heterocycles. The second-order valence-electron chi connectivity index (χ2n) is 2.27. The van der Waals surface area contributed by atoms with Gasteiger partial charge in [-0.05, 0) is 12.1 Å². The van der Waals surface area contributed by atoms with E-state index in [0.717, 1.165) is 0 Å². The third-order valence-corrected chi connectivity index (χ3v) is 1.39. The summed E-state index contributed by atoms with van der Waals surface area (Å²) in [5.74, 6) is 0. The van der Waals surface area contributed by atoms with Gasteiger partial charge in [-0.2, -0.15) is 5.26 Å². The van der Waals surface area contributed by atoms with Crippen LogP contribution in [0.25, 0.3) is 0 Å². The smallest absolute Gasteiger partial charge is 0.266 e. The molecule has 4 nitrogen and oxygen atoms in total. The van der Waals surface area contributed by atoms with Gasteiger partial charge in [-0.1, -0.05) is 0 Å². The fraction of sp³-hybridized carbons (Fsp3) is 0.250. The predicted octanol–water partition coefficient (Wildman–Crippen LogP) is 0.393. The Morgan fingerprint density at radius 2 is 2.42 bits per heavy atom. The highest BCUT2D eigenvalue weighted by Gasteiger charge is 1.98. The Labute approximate surface area is 69.4 Å². The fourth-order valence-electron chi connectivity index (χ4n) is 0.842. The molecule has 0 fully saturated rings. The van der Waals surface area contributed by atoms with Crippen molar-refractivity contribution >= 4 is 0 Å². The maximum atomic E-state index is 11.0. The van der Waals surface area contributed by atoms with E-state index in [4.69, 9.17) is 10.00 Å². The van der Waals surface area contributed by atoms with Crippen LogP contribution >= 0.6 is 0 Å². The van der Waals surface area contributed by atoms with Crippen molar-refractivity contribution in [2.75, 3.05) is 7.11 Å². The number of rotatable bonds is 2. The molecule has 0 unspecified atom stereocenters. The Balaban J connectivity index is 3.04. The first-order valence-corrected chi connectivity index (χ1v) is 3.39. The van der Waals surface area contributed by atoms with Crippen molar-refractivity contribution in [3.05, 3.63) is 33.7 Å². The minimum atomic E-state index is -0.368. The summed E-state index contributed by atoms with van der Waals surface area (Å²) < 4.78 is 4.80. The molecule has 1 N–H and O–H groups in total. The van der Waals surface area contributed by atoms with Crippen LogP contribution in [-0.4, -0.2) is 12.1 Å². The van der Waals surface area contributed by atoms with E-state index in [9.17, 15) is 4.79 Å². The summed E-state index contributed by atoms with van der Waals surface area (Å²) in [7, 11) is 1.54. The molecule has 1 aromatic rings. The van der Waals surface area contributed by atoms with Crippen LogP contribution in [0.15, 0.2) is 16.9 Å². The van der Waals surface area contributed by atoms with Crippen molar-refractivity contribution in [1.82, 2.24) is 4.98 Å². The lowest BCUT2D eigenvalue weighted by atomic mass is 10.3. The van der Waals surface area contributed by atoms with Gasteiger partial charge in [-0.15, -0.1) is 0 Å². The van der Waals surface area contributed by atoms with Crippen LogP contribution in [0.4, 0.5) is 0 Å². The summed E-state index contributed by atoms with van der Waals surface area (Å²) >= 11 is 0. The molecule has 0 amide bonds. The van der Waals surface area contributed by atoms with Crippen molar-refractivity contribution in [2.45, 2.75) is 6.61 Å². The van der Waals surface area contributed by atoms with Crippen LogP contribution in [0.5, 0.6) is 0 Å². The second kappa shape index (κ2) is 3.69. The lowest BCUT2D eigenvalue weighted by Gasteiger charge is -1.97. The Bertz CT molecular complexity index is 362. The summed E-state index contributed by atoms with van der Waals surface area (Å²) in [4.78, 5) is 13.5. The first kappa shape index (κ1) is 8.50. The van der Waals surface area contributed by atoms with Crippen LogP contribution in [0, 0.1) is 11.3 Å². The molecule has 0 radical (unpaired) electrons. The van der Waals surface area contributed by atoms with E-state index in [2.05, 4.69) is 4.98 Å². The van der Waals surface area contributed by atoms with Crippen molar-refractivity contribution < 1.29 is 4.74 Å². The molecule has 0 aliphatic heterocycles. The molecule has 0 aromatic carbocycles. The average Bonchev–Trinajstić information content (AvgIpc) is 2.05. The molecule has 0 bridgehead atoms. The third-order valence-electron chi connectivity index (χ3n) is 1.39. The van der Waals surface area contributed by atoms with Crippen LogP contribution in [0.1, 0.15) is 11.3 Å². The number of H-pyrrole nitrogens is 1. The molecule has 4 heteroatoms. The van der Waals surface area contributed by atoms with Crippen molar-refractivity contribution in [2.24, 2.45) is 0 Å². The van der Waals surface area contributed by atoms with Crippen molar-refractivity contribution in [3.63, 3.8) is 0 Å². The Hall–Kier alpha value is -1.60. The molecule has 1 aromatic heterocycles. The summed E-state index contributed by atoms with van der Waals surface area (Å²) in [6, 6.07) is 4.92. The molecule has 0 aliphatic carbocycles. The number of hydrogen-bond donors (Lipinski definition) is 1. The van der Waals surface area contributed by atoms with E-state index >= 15 is 0 Å². The number of nitrogens with one attached hydrogen (secondary N) is 1. The van der Waals surface area contributed by atoms with Crippen molar-refractivity contribution in [3.8, 4) is 6.07 Å². The van der Waals surface area contributed by atoms with Gasteiger partial charge in [0.15, 0.2) is 0 Å². The fourth-order valence-corrected chi connectivity index (χ4v) is 0.842. The molecular weight excluding hydrogens is 156 g/mol. The van der Waals surface area contributed by atoms with Gasteiger partial charge in [0.1, 0.15) is 11.6 Å². The van der Waals surface area contributed by atoms with E-state index in [0.29, 0.717) is 12.3 Å². The van der Waals surface area contributed by atoms with Gasteiger partial charge in [0, 0.05) is 12.8 Å². The number of methoxy groups -OCH3 is 1. The third kappa shape index (κ3) is 1.71. The van der Waals surface area contributed by atoms with E-state index < -0.39 is 0 Å². The molecule has 1 rings (SSSR count). The molecule has 0 aliphatic rings. The number of pyridine rings is 1. The summed E-state index contributed by atoms with van der Waals surface area (Å²) in [5.41, 5.74) is 0.420. The van der Waals surface area contributed by atoms with Gasteiger partial charge in [0.25, 0.3) is 5.56 Å². The average molecular weight is 164 g/mol. The van der Waals surface area contributed by atoms with Crippen LogP contribution in [0.3, 0.4) is 0 Å². The standard InChI is InChI=1S/C8H8N2O2/c1-12-5-7-3-2-6(4-9)8(11)10-7/h2-3H,5H2,1H3,(H,10,11). The predicted molar refractivity (Wildman–Crippen MR) is 42.5 cm³/mol. The quantitative estimate of drug-likeness (QED) is 0.687. The number of aromatic nitrogens is 1. The minimum Gasteiger partial charge on any atom is -0.378 e. The monoisotopic (exact) mass is 164 g/mol. The molecule has 0 saturated carbocycles. The van der Waals surface area contributed by atoms with E-state index in [-0.39, 0.29) is 11.1 Å². The molecule has 62 valence electrons. The van der Waals surface area contributed by atoms with Crippen molar-refractivity contribution in [1.29, 1.82) is 5.26 Å². The first-order valence-electron chi connectivity index (χ1n) is 3.39. The number of hydrogen-bond acceptors (Lipinski definition) is 3. The zero-order valence-corrected chi connectivity index (χ0v) is 6.63. The lowest BCUT2D eigenvalue weighted by Crippen LogP contribution is -2.12. The molecule has 12 heavy (non-hydrogen) atoms. The van der Waals surface area contributed by atoms with Gasteiger partial charge in [0.2, 0.25) is 0 Å². The van der Waals surface area contributed by atoms with Gasteiger partial charge in [-0.25, -0.2) is 0 Å². The highest BCUT2D eigenvalue weighted by Crippen LogP contribution is 1.94. The normalized spacial score (nSPS) is 9.33. The van der Waals surface area contributed by atoms with Crippen LogP contribution in [0.2, 0.25) is 0 Å². The number of nitriles is 1. The zero-order valence-electron chi connectivity index (χ0n) is 6.63.